The number of methoxy groups -OCH3 is 1. The summed E-state index contributed by atoms with van der Waals surface area (Å²) in [6, 6.07) is 10.7. The summed E-state index contributed by atoms with van der Waals surface area (Å²) < 4.78 is 41.2. The summed E-state index contributed by atoms with van der Waals surface area (Å²) in [6.07, 6.45) is 7.50. The van der Waals surface area contributed by atoms with Crippen molar-refractivity contribution in [3.8, 4) is 17.2 Å². The number of rotatable bonds is 14. The van der Waals surface area contributed by atoms with Crippen molar-refractivity contribution >= 4 is 22.2 Å². The van der Waals surface area contributed by atoms with E-state index in [1.807, 2.05) is 4.72 Å². The Morgan fingerprint density at radius 3 is 2.47 bits per heavy atom. The number of carbonyl (C=O) groups excluding carboxylic acids is 2. The second-order valence-corrected chi connectivity index (χ2v) is 9.79. The molecule has 2 rings (SSSR count). The molecule has 0 aliphatic heterocycles. The van der Waals surface area contributed by atoms with E-state index in [4.69, 9.17) is 13.7 Å². The maximum atomic E-state index is 12.7. The van der Waals surface area contributed by atoms with E-state index >= 15 is 0 Å². The standard InChI is InChI=1S/C26H34N2O7S/c1-19(2)11-7-5-6-8-14-25(29)28-18-20-15-16-23(24(17-20)33-4)34-26(30)21-12-9-10-13-22(21)35-36(31,32)27-3/h7,9-13,15-17,19,27H,5-6,8,14,18H2,1-4H3,(H,28,29)/b11-7+. The van der Waals surface area contributed by atoms with Gasteiger partial charge in [0.05, 0.1) is 7.11 Å². The zero-order valence-corrected chi connectivity index (χ0v) is 21.9. The topological polar surface area (TPSA) is 120 Å². The quantitative estimate of drug-likeness (QED) is 0.167. The van der Waals surface area contributed by atoms with Gasteiger partial charge in [-0.15, -0.1) is 0 Å². The molecule has 0 radical (unpaired) electrons. The third-order valence-electron chi connectivity index (χ3n) is 5.02. The van der Waals surface area contributed by atoms with Gasteiger partial charge in [0, 0.05) is 20.0 Å². The van der Waals surface area contributed by atoms with Crippen molar-refractivity contribution in [1.29, 1.82) is 0 Å². The summed E-state index contributed by atoms with van der Waals surface area (Å²) in [7, 11) is -1.44. The number of para-hydroxylation sites is 1. The molecule has 0 unspecified atom stereocenters. The highest BCUT2D eigenvalue weighted by Gasteiger charge is 2.20. The molecule has 0 aliphatic rings. The summed E-state index contributed by atoms with van der Waals surface area (Å²) in [4.78, 5) is 24.9. The fourth-order valence-corrected chi connectivity index (χ4v) is 3.60. The number of hydrogen-bond acceptors (Lipinski definition) is 7. The van der Waals surface area contributed by atoms with E-state index in [0.717, 1.165) is 24.8 Å². The van der Waals surface area contributed by atoms with Crippen LogP contribution in [0.5, 0.6) is 17.2 Å². The van der Waals surface area contributed by atoms with E-state index in [0.29, 0.717) is 18.9 Å². The van der Waals surface area contributed by atoms with Crippen LogP contribution in [0.2, 0.25) is 0 Å². The maximum Gasteiger partial charge on any atom is 0.382 e. The maximum absolute atomic E-state index is 12.7. The van der Waals surface area contributed by atoms with Crippen LogP contribution in [0.1, 0.15) is 55.5 Å². The number of allylic oxidation sites excluding steroid dienone is 2. The average Bonchev–Trinajstić information content (AvgIpc) is 2.85. The molecule has 0 heterocycles. The van der Waals surface area contributed by atoms with Gasteiger partial charge >= 0.3 is 16.3 Å². The molecule has 0 aromatic heterocycles. The van der Waals surface area contributed by atoms with Gasteiger partial charge < -0.3 is 19.0 Å². The molecule has 0 fully saturated rings. The fourth-order valence-electron chi connectivity index (χ4n) is 3.13. The number of nitrogens with one attached hydrogen (secondary N) is 2. The number of unbranched alkanes of at least 4 members (excludes halogenated alkanes) is 2. The molecule has 2 aromatic rings. The van der Waals surface area contributed by atoms with Crippen LogP contribution in [0, 0.1) is 5.92 Å². The Kier molecular flexibility index (Phi) is 11.4. The lowest BCUT2D eigenvalue weighted by Gasteiger charge is -2.13. The van der Waals surface area contributed by atoms with Crippen molar-refractivity contribution in [3.05, 3.63) is 65.7 Å². The highest BCUT2D eigenvalue weighted by molar-refractivity contribution is 7.85. The molecular formula is C26H34N2O7S. The zero-order chi connectivity index (χ0) is 26.6. The Labute approximate surface area is 213 Å². The van der Waals surface area contributed by atoms with Gasteiger partial charge in [0.25, 0.3) is 0 Å². The van der Waals surface area contributed by atoms with Crippen molar-refractivity contribution in [2.75, 3.05) is 14.2 Å². The van der Waals surface area contributed by atoms with E-state index in [9.17, 15) is 18.0 Å². The molecule has 0 aliphatic carbocycles. The lowest BCUT2D eigenvalue weighted by molar-refractivity contribution is -0.121. The smallest absolute Gasteiger partial charge is 0.382 e. The summed E-state index contributed by atoms with van der Waals surface area (Å²) in [6.45, 7) is 4.56. The minimum absolute atomic E-state index is 0.0366. The van der Waals surface area contributed by atoms with Crippen molar-refractivity contribution in [3.63, 3.8) is 0 Å². The second kappa shape index (κ2) is 14.3. The minimum atomic E-state index is -4.07. The summed E-state index contributed by atoms with van der Waals surface area (Å²) >= 11 is 0. The first kappa shape index (κ1) is 28.9. The third-order valence-corrected chi connectivity index (χ3v) is 5.92. The molecule has 9 nitrogen and oxygen atoms in total. The number of esters is 1. The molecule has 2 aromatic carbocycles. The zero-order valence-electron chi connectivity index (χ0n) is 21.1. The van der Waals surface area contributed by atoms with Gasteiger partial charge in [0.2, 0.25) is 5.91 Å². The normalized spacial score (nSPS) is 11.5. The van der Waals surface area contributed by atoms with Gasteiger partial charge in [-0.3, -0.25) is 4.79 Å². The SMILES string of the molecule is CNS(=O)(=O)Oc1ccccc1C(=O)Oc1ccc(CNC(=O)CCCC/C=C/C(C)C)cc1OC. The van der Waals surface area contributed by atoms with Crippen LogP contribution in [-0.2, 0) is 21.6 Å². The monoisotopic (exact) mass is 518 g/mol. The lowest BCUT2D eigenvalue weighted by Crippen LogP contribution is -2.25. The van der Waals surface area contributed by atoms with Crippen LogP contribution in [-0.4, -0.2) is 34.5 Å². The number of amides is 1. The molecule has 0 atom stereocenters. The summed E-state index contributed by atoms with van der Waals surface area (Å²) in [5.41, 5.74) is 0.693. The van der Waals surface area contributed by atoms with Crippen LogP contribution in [0.3, 0.4) is 0 Å². The molecule has 1 amide bonds. The first-order valence-corrected chi connectivity index (χ1v) is 13.1. The van der Waals surface area contributed by atoms with Crippen LogP contribution < -0.4 is 23.7 Å². The Bertz CT molecular complexity index is 1160. The van der Waals surface area contributed by atoms with E-state index in [-0.39, 0.29) is 28.7 Å². The van der Waals surface area contributed by atoms with Gasteiger partial charge in [0.15, 0.2) is 17.2 Å². The Balaban J connectivity index is 1.96. The Morgan fingerprint density at radius 2 is 1.78 bits per heavy atom. The number of hydrogen-bond donors (Lipinski definition) is 2. The summed E-state index contributed by atoms with van der Waals surface area (Å²) in [5, 5.41) is 2.88. The van der Waals surface area contributed by atoms with E-state index in [1.165, 1.54) is 32.4 Å². The average molecular weight is 519 g/mol. The molecule has 0 spiro atoms. The first-order valence-electron chi connectivity index (χ1n) is 11.7. The van der Waals surface area contributed by atoms with E-state index in [1.54, 1.807) is 24.3 Å². The predicted molar refractivity (Wildman–Crippen MR) is 137 cm³/mol. The minimum Gasteiger partial charge on any atom is -0.493 e. The van der Waals surface area contributed by atoms with Gasteiger partial charge in [0.1, 0.15) is 5.56 Å². The van der Waals surface area contributed by atoms with Crippen molar-refractivity contribution < 1.29 is 31.7 Å². The Morgan fingerprint density at radius 1 is 1.03 bits per heavy atom. The van der Waals surface area contributed by atoms with Crippen LogP contribution in [0.15, 0.2) is 54.6 Å². The lowest BCUT2D eigenvalue weighted by atomic mass is 10.1. The predicted octanol–water partition coefficient (Wildman–Crippen LogP) is 4.15. The van der Waals surface area contributed by atoms with Crippen molar-refractivity contribution in [1.82, 2.24) is 10.0 Å². The van der Waals surface area contributed by atoms with Crippen LogP contribution in [0.4, 0.5) is 0 Å². The number of ether oxygens (including phenoxy) is 2. The van der Waals surface area contributed by atoms with E-state index in [2.05, 4.69) is 31.3 Å². The third kappa shape index (κ3) is 9.71. The molecule has 36 heavy (non-hydrogen) atoms. The second-order valence-electron chi connectivity index (χ2n) is 8.31. The van der Waals surface area contributed by atoms with Gasteiger partial charge in [-0.05, 0) is 55.0 Å². The largest absolute Gasteiger partial charge is 0.493 e. The Hall–Kier alpha value is -3.37. The molecule has 0 saturated heterocycles. The first-order chi connectivity index (χ1) is 17.1. The van der Waals surface area contributed by atoms with Crippen molar-refractivity contribution in [2.24, 2.45) is 5.92 Å². The number of carbonyl (C=O) groups is 2. The summed E-state index contributed by atoms with van der Waals surface area (Å²) in [5.74, 6) is -0.0743. The molecular weight excluding hydrogens is 484 g/mol. The molecule has 0 saturated carbocycles. The van der Waals surface area contributed by atoms with Crippen LogP contribution >= 0.6 is 0 Å². The molecule has 10 heteroatoms. The van der Waals surface area contributed by atoms with Gasteiger partial charge in [-0.1, -0.05) is 44.2 Å². The van der Waals surface area contributed by atoms with Crippen LogP contribution in [0.25, 0.3) is 0 Å². The van der Waals surface area contributed by atoms with E-state index < -0.39 is 16.3 Å². The van der Waals surface area contributed by atoms with Gasteiger partial charge in [-0.25, -0.2) is 4.79 Å². The van der Waals surface area contributed by atoms with Crippen molar-refractivity contribution in [2.45, 2.75) is 46.1 Å². The highest BCUT2D eigenvalue weighted by atomic mass is 32.2. The highest BCUT2D eigenvalue weighted by Crippen LogP contribution is 2.30. The fraction of sp³-hybridized carbons (Fsp3) is 0.385. The number of benzene rings is 2. The molecule has 2 N–H and O–H groups in total. The van der Waals surface area contributed by atoms with Gasteiger partial charge in [-0.2, -0.15) is 13.1 Å². The molecule has 0 bridgehead atoms. The molecule has 196 valence electrons.